The van der Waals surface area contributed by atoms with Crippen molar-refractivity contribution >= 4 is 11.6 Å². The van der Waals surface area contributed by atoms with Crippen LogP contribution in [0.3, 0.4) is 0 Å². The number of hydrogen-bond acceptors (Lipinski definition) is 3. The van der Waals surface area contributed by atoms with E-state index in [1.54, 1.807) is 6.07 Å². The lowest BCUT2D eigenvalue weighted by molar-refractivity contribution is 0.0901. The Balaban J connectivity index is 1.90. The molecule has 0 bridgehead atoms. The van der Waals surface area contributed by atoms with Gasteiger partial charge in [0.05, 0.1) is 5.69 Å². The first kappa shape index (κ1) is 15.9. The summed E-state index contributed by atoms with van der Waals surface area (Å²) in [4.78, 5) is 14.9. The van der Waals surface area contributed by atoms with Gasteiger partial charge in [-0.1, -0.05) is 13.8 Å². The van der Waals surface area contributed by atoms with Crippen LogP contribution in [0.25, 0.3) is 0 Å². The zero-order valence-corrected chi connectivity index (χ0v) is 13.3. The molecule has 5 heteroatoms. The number of piperidine rings is 1. The number of aromatic nitrogens is 1. The Morgan fingerprint density at radius 1 is 1.29 bits per heavy atom. The van der Waals surface area contributed by atoms with Gasteiger partial charge in [0.1, 0.15) is 5.69 Å². The van der Waals surface area contributed by atoms with E-state index in [1.807, 2.05) is 10.8 Å². The van der Waals surface area contributed by atoms with Gasteiger partial charge in [0, 0.05) is 31.9 Å². The van der Waals surface area contributed by atoms with Crippen molar-refractivity contribution in [2.75, 3.05) is 25.4 Å². The highest BCUT2D eigenvalue weighted by Crippen LogP contribution is 2.14. The third-order valence-corrected chi connectivity index (χ3v) is 4.08. The fourth-order valence-corrected chi connectivity index (χ4v) is 3.03. The molecule has 1 fully saturated rings. The van der Waals surface area contributed by atoms with Gasteiger partial charge in [0.15, 0.2) is 0 Å². The Bertz CT molecular complexity index is 461. The summed E-state index contributed by atoms with van der Waals surface area (Å²) in [6.07, 6.45) is 6.11. The van der Waals surface area contributed by atoms with Crippen molar-refractivity contribution in [2.45, 2.75) is 52.1 Å². The summed E-state index contributed by atoms with van der Waals surface area (Å²) in [6.45, 7) is 8.46. The third kappa shape index (κ3) is 4.24. The largest absolute Gasteiger partial charge is 0.397 e. The van der Waals surface area contributed by atoms with E-state index in [9.17, 15) is 4.79 Å². The molecule has 2 heterocycles. The van der Waals surface area contributed by atoms with E-state index in [1.165, 1.54) is 6.42 Å². The normalized spacial score (nSPS) is 17.0. The Hall–Kier alpha value is -1.49. The highest BCUT2D eigenvalue weighted by Gasteiger charge is 2.22. The fourth-order valence-electron chi connectivity index (χ4n) is 3.03. The van der Waals surface area contributed by atoms with Gasteiger partial charge in [-0.15, -0.1) is 0 Å². The van der Waals surface area contributed by atoms with E-state index in [0.717, 1.165) is 45.4 Å². The van der Waals surface area contributed by atoms with Gasteiger partial charge in [0.2, 0.25) is 0 Å². The van der Waals surface area contributed by atoms with E-state index in [2.05, 4.69) is 24.1 Å². The van der Waals surface area contributed by atoms with Crippen molar-refractivity contribution < 1.29 is 4.79 Å². The van der Waals surface area contributed by atoms with Gasteiger partial charge < -0.3 is 20.5 Å². The molecule has 1 aromatic heterocycles. The van der Waals surface area contributed by atoms with Gasteiger partial charge in [-0.05, 0) is 38.3 Å². The average molecular weight is 292 g/mol. The molecule has 1 aromatic rings. The molecule has 1 amide bonds. The molecule has 3 N–H and O–H groups in total. The second kappa shape index (κ2) is 7.50. The number of nitrogens with zero attached hydrogens (tertiary/aromatic N) is 2. The van der Waals surface area contributed by atoms with Crippen LogP contribution >= 0.6 is 0 Å². The molecule has 0 unspecified atom stereocenters. The number of rotatable bonds is 6. The molecule has 2 rings (SSSR count). The van der Waals surface area contributed by atoms with Crippen LogP contribution in [-0.4, -0.2) is 41.1 Å². The quantitative estimate of drug-likeness (QED) is 0.844. The number of anilines is 1. The Kier molecular flexibility index (Phi) is 5.67. The molecule has 0 radical (unpaired) electrons. The smallest absolute Gasteiger partial charge is 0.268 e. The number of nitrogen functional groups attached to an aromatic ring is 1. The van der Waals surface area contributed by atoms with Gasteiger partial charge in [-0.2, -0.15) is 0 Å². The summed E-state index contributed by atoms with van der Waals surface area (Å²) in [5.41, 5.74) is 7.17. The zero-order valence-electron chi connectivity index (χ0n) is 13.3. The first-order valence-electron chi connectivity index (χ1n) is 8.12. The molecule has 0 atom stereocenters. The van der Waals surface area contributed by atoms with E-state index in [0.29, 0.717) is 11.4 Å². The van der Waals surface area contributed by atoms with Crippen molar-refractivity contribution in [3.05, 3.63) is 18.0 Å². The van der Waals surface area contributed by atoms with Crippen LogP contribution in [0, 0.1) is 0 Å². The molecule has 1 saturated heterocycles. The van der Waals surface area contributed by atoms with Crippen LogP contribution in [-0.2, 0) is 6.54 Å². The van der Waals surface area contributed by atoms with E-state index < -0.39 is 0 Å². The molecule has 1 aliphatic heterocycles. The minimum absolute atomic E-state index is 0.00842. The Morgan fingerprint density at radius 3 is 2.57 bits per heavy atom. The summed E-state index contributed by atoms with van der Waals surface area (Å²) in [6, 6.07) is 2.06. The summed E-state index contributed by atoms with van der Waals surface area (Å²) >= 11 is 0. The molecule has 21 heavy (non-hydrogen) atoms. The molecular weight excluding hydrogens is 264 g/mol. The maximum absolute atomic E-state index is 12.4. The van der Waals surface area contributed by atoms with Crippen LogP contribution in [0.4, 0.5) is 5.69 Å². The number of nitrogens with two attached hydrogens (primary N) is 1. The second-order valence-corrected chi connectivity index (χ2v) is 5.94. The van der Waals surface area contributed by atoms with Crippen molar-refractivity contribution in [1.29, 1.82) is 0 Å². The van der Waals surface area contributed by atoms with Crippen molar-refractivity contribution in [3.8, 4) is 0 Å². The number of aryl methyl sites for hydroxylation is 1. The maximum atomic E-state index is 12.4. The molecule has 0 saturated carbocycles. The Morgan fingerprint density at radius 2 is 1.95 bits per heavy atom. The van der Waals surface area contributed by atoms with Gasteiger partial charge in [0.25, 0.3) is 5.91 Å². The van der Waals surface area contributed by atoms with E-state index in [4.69, 9.17) is 5.73 Å². The highest BCUT2D eigenvalue weighted by atomic mass is 16.2. The summed E-state index contributed by atoms with van der Waals surface area (Å²) in [5.74, 6) is 0.00842. The highest BCUT2D eigenvalue weighted by molar-refractivity contribution is 5.94. The zero-order chi connectivity index (χ0) is 15.2. The standard InChI is InChI=1S/C16H28N4O/c1-3-7-19-9-5-14(6-10-19)18-16(21)15-11-13(17)12-20(15)8-4-2/h11-12,14H,3-10,17H2,1-2H3,(H,18,21). The number of likely N-dealkylation sites (tertiary alicyclic amines) is 1. The Labute approximate surface area is 127 Å². The lowest BCUT2D eigenvalue weighted by atomic mass is 10.0. The van der Waals surface area contributed by atoms with Crippen LogP contribution in [0.15, 0.2) is 12.3 Å². The summed E-state index contributed by atoms with van der Waals surface area (Å²) in [5, 5.41) is 3.17. The van der Waals surface area contributed by atoms with Crippen LogP contribution in [0.2, 0.25) is 0 Å². The number of carbonyl (C=O) groups excluding carboxylic acids is 1. The van der Waals surface area contributed by atoms with Crippen molar-refractivity contribution in [3.63, 3.8) is 0 Å². The fraction of sp³-hybridized carbons (Fsp3) is 0.688. The van der Waals surface area contributed by atoms with Gasteiger partial charge in [-0.25, -0.2) is 0 Å². The van der Waals surface area contributed by atoms with Crippen LogP contribution in [0.1, 0.15) is 50.0 Å². The first-order chi connectivity index (χ1) is 10.1. The minimum atomic E-state index is 0.00842. The summed E-state index contributed by atoms with van der Waals surface area (Å²) < 4.78 is 1.96. The number of carbonyl (C=O) groups is 1. The number of amides is 1. The van der Waals surface area contributed by atoms with E-state index in [-0.39, 0.29) is 11.9 Å². The lowest BCUT2D eigenvalue weighted by Crippen LogP contribution is -2.45. The number of hydrogen-bond donors (Lipinski definition) is 2. The predicted octanol–water partition coefficient (Wildman–Crippen LogP) is 2.08. The molecule has 0 aromatic carbocycles. The van der Waals surface area contributed by atoms with E-state index >= 15 is 0 Å². The topological polar surface area (TPSA) is 63.3 Å². The molecule has 118 valence electrons. The molecule has 1 aliphatic rings. The molecule has 0 aliphatic carbocycles. The van der Waals surface area contributed by atoms with Gasteiger partial charge in [-0.3, -0.25) is 4.79 Å². The van der Waals surface area contributed by atoms with Crippen LogP contribution in [0.5, 0.6) is 0 Å². The first-order valence-corrected chi connectivity index (χ1v) is 8.12. The molecule has 0 spiro atoms. The second-order valence-electron chi connectivity index (χ2n) is 5.94. The van der Waals surface area contributed by atoms with Gasteiger partial charge >= 0.3 is 0 Å². The average Bonchev–Trinajstić information content (AvgIpc) is 2.83. The van der Waals surface area contributed by atoms with Crippen LogP contribution < -0.4 is 11.1 Å². The number of nitrogens with one attached hydrogen (secondary N) is 1. The molecular formula is C16H28N4O. The minimum Gasteiger partial charge on any atom is -0.397 e. The van der Waals surface area contributed by atoms with Crippen molar-refractivity contribution in [2.24, 2.45) is 0 Å². The van der Waals surface area contributed by atoms with Crippen molar-refractivity contribution in [1.82, 2.24) is 14.8 Å². The third-order valence-electron chi connectivity index (χ3n) is 4.08. The SMILES string of the molecule is CCCN1CCC(NC(=O)c2cc(N)cn2CCC)CC1. The predicted molar refractivity (Wildman–Crippen MR) is 86.4 cm³/mol. The summed E-state index contributed by atoms with van der Waals surface area (Å²) in [7, 11) is 0. The monoisotopic (exact) mass is 292 g/mol. The lowest BCUT2D eigenvalue weighted by Gasteiger charge is -2.32. The maximum Gasteiger partial charge on any atom is 0.268 e. The molecule has 5 nitrogen and oxygen atoms in total.